The molecule has 0 aromatic heterocycles. The molecular formula is C13H24N2O3. The first-order valence-electron chi connectivity index (χ1n) is 6.58. The molecule has 0 aromatic carbocycles. The zero-order valence-corrected chi connectivity index (χ0v) is 11.2. The molecule has 1 amide bonds. The molecule has 0 spiro atoms. The highest BCUT2D eigenvalue weighted by atomic mass is 16.4. The Morgan fingerprint density at radius 3 is 2.72 bits per heavy atom. The van der Waals surface area contributed by atoms with Crippen LogP contribution in [-0.4, -0.2) is 29.1 Å². The zero-order chi connectivity index (χ0) is 13.8. The Balaban J connectivity index is 2.37. The molecule has 1 saturated carbocycles. The number of nitrogens with two attached hydrogens (primary N) is 1. The molecule has 0 radical (unpaired) electrons. The summed E-state index contributed by atoms with van der Waals surface area (Å²) >= 11 is 0. The normalized spacial score (nSPS) is 24.3. The van der Waals surface area contributed by atoms with E-state index in [-0.39, 0.29) is 30.2 Å². The Labute approximate surface area is 108 Å². The molecule has 0 aliphatic heterocycles. The number of carboxylic acids is 1. The number of carbonyl (C=O) groups is 2. The highest BCUT2D eigenvalue weighted by Gasteiger charge is 2.29. The van der Waals surface area contributed by atoms with Gasteiger partial charge in [0.25, 0.3) is 0 Å². The van der Waals surface area contributed by atoms with Gasteiger partial charge in [0, 0.05) is 12.5 Å². The molecule has 0 heterocycles. The quantitative estimate of drug-likeness (QED) is 0.690. The summed E-state index contributed by atoms with van der Waals surface area (Å²) in [6.45, 7) is 4.41. The van der Waals surface area contributed by atoms with Crippen molar-refractivity contribution >= 4 is 11.9 Å². The first-order valence-corrected chi connectivity index (χ1v) is 6.58. The van der Waals surface area contributed by atoms with E-state index in [0.717, 1.165) is 19.3 Å². The number of rotatable bonds is 5. The lowest BCUT2D eigenvalue weighted by molar-refractivity contribution is -0.137. The maximum atomic E-state index is 11.8. The topological polar surface area (TPSA) is 92.4 Å². The van der Waals surface area contributed by atoms with Gasteiger partial charge in [0.05, 0.1) is 6.04 Å². The van der Waals surface area contributed by atoms with E-state index in [4.69, 9.17) is 10.8 Å². The monoisotopic (exact) mass is 256 g/mol. The van der Waals surface area contributed by atoms with Crippen molar-refractivity contribution in [1.82, 2.24) is 5.32 Å². The van der Waals surface area contributed by atoms with Gasteiger partial charge in [-0.05, 0) is 31.1 Å². The van der Waals surface area contributed by atoms with Gasteiger partial charge in [-0.15, -0.1) is 0 Å². The molecule has 5 nitrogen and oxygen atoms in total. The van der Waals surface area contributed by atoms with Gasteiger partial charge in [0.1, 0.15) is 0 Å². The molecule has 5 heteroatoms. The van der Waals surface area contributed by atoms with Crippen molar-refractivity contribution in [2.24, 2.45) is 11.1 Å². The van der Waals surface area contributed by atoms with Crippen LogP contribution in [0, 0.1) is 5.41 Å². The molecule has 4 N–H and O–H groups in total. The first-order chi connectivity index (χ1) is 8.30. The molecule has 2 unspecified atom stereocenters. The third-order valence-electron chi connectivity index (χ3n) is 3.56. The van der Waals surface area contributed by atoms with Crippen molar-refractivity contribution in [3.8, 4) is 0 Å². The van der Waals surface area contributed by atoms with E-state index in [0.29, 0.717) is 0 Å². The van der Waals surface area contributed by atoms with Crippen molar-refractivity contribution < 1.29 is 14.7 Å². The fourth-order valence-corrected chi connectivity index (χ4v) is 2.54. The standard InChI is InChI=1S/C13H24N2O3/c1-13(2)7-3-4-9(8-13)15-12(18)10(14)5-6-11(16)17/h9-10H,3-8,14H2,1-2H3,(H,15,18)(H,16,17). The van der Waals surface area contributed by atoms with Crippen molar-refractivity contribution in [3.63, 3.8) is 0 Å². The molecule has 2 atom stereocenters. The number of amides is 1. The molecule has 0 aromatic rings. The summed E-state index contributed by atoms with van der Waals surface area (Å²) < 4.78 is 0. The summed E-state index contributed by atoms with van der Waals surface area (Å²) in [5, 5.41) is 11.5. The third-order valence-corrected chi connectivity index (χ3v) is 3.56. The lowest BCUT2D eigenvalue weighted by Crippen LogP contribution is -2.47. The van der Waals surface area contributed by atoms with Crippen LogP contribution < -0.4 is 11.1 Å². The Hall–Kier alpha value is -1.10. The molecule has 0 bridgehead atoms. The van der Waals surface area contributed by atoms with Gasteiger partial charge in [0.15, 0.2) is 0 Å². The van der Waals surface area contributed by atoms with E-state index in [1.807, 2.05) is 0 Å². The number of nitrogens with one attached hydrogen (secondary N) is 1. The molecule has 1 fully saturated rings. The first kappa shape index (κ1) is 15.0. The number of aliphatic carboxylic acids is 1. The second-order valence-electron chi connectivity index (χ2n) is 6.00. The van der Waals surface area contributed by atoms with Gasteiger partial charge in [-0.25, -0.2) is 0 Å². The van der Waals surface area contributed by atoms with Crippen LogP contribution in [0.25, 0.3) is 0 Å². The van der Waals surface area contributed by atoms with Crippen LogP contribution in [0.2, 0.25) is 0 Å². The van der Waals surface area contributed by atoms with Crippen LogP contribution in [0.4, 0.5) is 0 Å². The maximum Gasteiger partial charge on any atom is 0.303 e. The predicted octanol–water partition coefficient (Wildman–Crippen LogP) is 1.26. The van der Waals surface area contributed by atoms with Gasteiger partial charge in [0.2, 0.25) is 5.91 Å². The van der Waals surface area contributed by atoms with Crippen molar-refractivity contribution in [3.05, 3.63) is 0 Å². The fourth-order valence-electron chi connectivity index (χ4n) is 2.54. The highest BCUT2D eigenvalue weighted by molar-refractivity contribution is 5.82. The van der Waals surface area contributed by atoms with Gasteiger partial charge < -0.3 is 16.2 Å². The van der Waals surface area contributed by atoms with E-state index in [2.05, 4.69) is 19.2 Å². The van der Waals surface area contributed by atoms with E-state index in [1.54, 1.807) is 0 Å². The Kier molecular flexibility index (Phi) is 5.14. The lowest BCUT2D eigenvalue weighted by atomic mass is 9.75. The van der Waals surface area contributed by atoms with Crippen molar-refractivity contribution in [2.45, 2.75) is 64.5 Å². The molecular weight excluding hydrogens is 232 g/mol. The van der Waals surface area contributed by atoms with Crippen LogP contribution in [0.3, 0.4) is 0 Å². The molecule has 104 valence electrons. The molecule has 1 rings (SSSR count). The molecule has 1 aliphatic carbocycles. The third kappa shape index (κ3) is 5.04. The summed E-state index contributed by atoms with van der Waals surface area (Å²) in [5.41, 5.74) is 5.94. The van der Waals surface area contributed by atoms with Crippen LogP contribution in [-0.2, 0) is 9.59 Å². The minimum absolute atomic E-state index is 0.0647. The number of hydrogen-bond donors (Lipinski definition) is 3. The summed E-state index contributed by atoms with van der Waals surface area (Å²) in [6, 6.07) is -0.539. The smallest absolute Gasteiger partial charge is 0.303 e. The number of carboxylic acid groups (broad SMARTS) is 1. The predicted molar refractivity (Wildman–Crippen MR) is 69.0 cm³/mol. The highest BCUT2D eigenvalue weighted by Crippen LogP contribution is 2.35. The second-order valence-corrected chi connectivity index (χ2v) is 6.00. The summed E-state index contributed by atoms with van der Waals surface area (Å²) in [5.74, 6) is -1.14. The van der Waals surface area contributed by atoms with Crippen molar-refractivity contribution in [1.29, 1.82) is 0 Å². The number of hydrogen-bond acceptors (Lipinski definition) is 3. The minimum Gasteiger partial charge on any atom is -0.481 e. The average molecular weight is 256 g/mol. The van der Waals surface area contributed by atoms with E-state index in [1.165, 1.54) is 6.42 Å². The van der Waals surface area contributed by atoms with Crippen molar-refractivity contribution in [2.75, 3.05) is 0 Å². The molecule has 18 heavy (non-hydrogen) atoms. The zero-order valence-electron chi connectivity index (χ0n) is 11.2. The van der Waals surface area contributed by atoms with Crippen LogP contribution in [0.1, 0.15) is 52.4 Å². The van der Waals surface area contributed by atoms with E-state index in [9.17, 15) is 9.59 Å². The summed E-state index contributed by atoms with van der Waals surface area (Å²) in [4.78, 5) is 22.2. The van der Waals surface area contributed by atoms with Gasteiger partial charge >= 0.3 is 5.97 Å². The minimum atomic E-state index is -0.919. The molecule has 1 aliphatic rings. The Morgan fingerprint density at radius 1 is 1.50 bits per heavy atom. The summed E-state index contributed by atoms with van der Waals surface area (Å²) in [6.07, 6.45) is 4.37. The van der Waals surface area contributed by atoms with E-state index < -0.39 is 12.0 Å². The Bertz CT molecular complexity index is 315. The summed E-state index contributed by atoms with van der Waals surface area (Å²) in [7, 11) is 0. The SMILES string of the molecule is CC1(C)CCCC(NC(=O)C(N)CCC(=O)O)C1. The lowest BCUT2D eigenvalue weighted by Gasteiger charge is -2.35. The van der Waals surface area contributed by atoms with Gasteiger partial charge in [-0.3, -0.25) is 9.59 Å². The van der Waals surface area contributed by atoms with Gasteiger partial charge in [-0.1, -0.05) is 20.3 Å². The molecule has 0 saturated heterocycles. The van der Waals surface area contributed by atoms with Crippen LogP contribution >= 0.6 is 0 Å². The van der Waals surface area contributed by atoms with Crippen LogP contribution in [0.5, 0.6) is 0 Å². The maximum absolute atomic E-state index is 11.8. The fraction of sp³-hybridized carbons (Fsp3) is 0.846. The van der Waals surface area contributed by atoms with E-state index >= 15 is 0 Å². The largest absolute Gasteiger partial charge is 0.481 e. The Morgan fingerprint density at radius 2 is 2.17 bits per heavy atom. The average Bonchev–Trinajstić information content (AvgIpc) is 2.24. The second kappa shape index (κ2) is 6.18. The van der Waals surface area contributed by atoms with Crippen LogP contribution in [0.15, 0.2) is 0 Å². The van der Waals surface area contributed by atoms with Gasteiger partial charge in [-0.2, -0.15) is 0 Å². The number of carbonyl (C=O) groups excluding carboxylic acids is 1.